The van der Waals surface area contributed by atoms with Crippen LogP contribution >= 0.6 is 26.8 Å². The predicted molar refractivity (Wildman–Crippen MR) is 134 cm³/mol. The van der Waals surface area contributed by atoms with Gasteiger partial charge in [0.1, 0.15) is 29.6 Å². The number of benzene rings is 1. The van der Waals surface area contributed by atoms with Crippen molar-refractivity contribution in [2.24, 2.45) is 0 Å². The Balaban J connectivity index is 1.49. The molecule has 1 aliphatic rings. The summed E-state index contributed by atoms with van der Waals surface area (Å²) in [5.74, 6) is -1.45. The molecule has 0 saturated carbocycles. The van der Waals surface area contributed by atoms with Gasteiger partial charge in [-0.2, -0.15) is 4.98 Å². The zero-order valence-corrected chi connectivity index (χ0v) is 22.4. The molecule has 17 heteroatoms. The minimum atomic E-state index is -4.83. The van der Waals surface area contributed by atoms with Crippen LogP contribution in [0.3, 0.4) is 0 Å². The number of aliphatic hydroxyl groups excluding tert-OH is 2. The molecule has 1 aromatic carbocycles. The molecule has 2 aromatic heterocycles. The number of anilines is 1. The Kier molecular flexibility index (Phi) is 8.61. The van der Waals surface area contributed by atoms with Crippen molar-refractivity contribution >= 4 is 38.1 Å². The van der Waals surface area contributed by atoms with Crippen molar-refractivity contribution in [2.45, 2.75) is 43.8 Å². The molecule has 6 N–H and O–H groups in total. The first-order valence-corrected chi connectivity index (χ1v) is 15.3. The van der Waals surface area contributed by atoms with E-state index in [1.807, 2.05) is 0 Å². The summed E-state index contributed by atoms with van der Waals surface area (Å²) in [5, 5.41) is 28.0. The maximum atomic E-state index is 14.2. The largest absolute Gasteiger partial charge is 0.388 e. The lowest BCUT2D eigenvalue weighted by Gasteiger charge is -2.18. The molecular formula is C21H26ClFN4O9P2. The van der Waals surface area contributed by atoms with E-state index in [0.29, 0.717) is 22.6 Å². The van der Waals surface area contributed by atoms with E-state index >= 15 is 0 Å². The van der Waals surface area contributed by atoms with E-state index in [1.165, 1.54) is 10.6 Å². The third-order valence-electron chi connectivity index (χ3n) is 5.96. The fraction of sp³-hybridized carbons (Fsp3) is 0.429. The Hall–Kier alpha value is -1.96. The van der Waals surface area contributed by atoms with Crippen LogP contribution in [0.25, 0.3) is 5.52 Å². The first kappa shape index (κ1) is 29.0. The molecule has 0 bridgehead atoms. The molecule has 4 rings (SSSR count). The van der Waals surface area contributed by atoms with Gasteiger partial charge in [0, 0.05) is 17.7 Å². The summed E-state index contributed by atoms with van der Waals surface area (Å²) in [4.78, 5) is 31.7. The molecule has 38 heavy (non-hydrogen) atoms. The van der Waals surface area contributed by atoms with Crippen LogP contribution < -0.4 is 5.32 Å². The van der Waals surface area contributed by atoms with Crippen LogP contribution in [0.5, 0.6) is 0 Å². The lowest BCUT2D eigenvalue weighted by Crippen LogP contribution is -2.34. The first-order chi connectivity index (χ1) is 17.7. The van der Waals surface area contributed by atoms with Crippen molar-refractivity contribution in [3.05, 3.63) is 58.8 Å². The van der Waals surface area contributed by atoms with Crippen molar-refractivity contribution in [1.82, 2.24) is 14.6 Å². The maximum absolute atomic E-state index is 14.2. The van der Waals surface area contributed by atoms with Crippen LogP contribution in [-0.4, -0.2) is 76.4 Å². The normalized spacial score (nSPS) is 24.4. The topological polar surface area (TPSA) is 196 Å². The van der Waals surface area contributed by atoms with Crippen LogP contribution in [0.2, 0.25) is 5.28 Å². The Labute approximate surface area is 220 Å². The molecule has 3 aromatic rings. The molecule has 0 spiro atoms. The summed E-state index contributed by atoms with van der Waals surface area (Å²) < 4.78 is 48.9. The van der Waals surface area contributed by atoms with Crippen molar-refractivity contribution in [1.29, 1.82) is 0 Å². The van der Waals surface area contributed by atoms with Crippen molar-refractivity contribution < 1.29 is 47.7 Å². The standard InChI is InChI=1S/C21H26ClFN4O9P2/c1-11(13-4-2-3-5-14(13)23)24-20-15-7-6-12(27(15)26-21(22)25-20)8-16-18(28)19(29)17(36-16)9-35-38(33,34)10-37(30,31)32/h2-7,11,16-19,28-29H,8-10H2,1H3,(H,33,34)(H,24,25,26)(H2,30,31,32)/t11-,16-,17+,18-,19+/m0/s1. The zero-order valence-electron chi connectivity index (χ0n) is 19.8. The van der Waals surface area contributed by atoms with Gasteiger partial charge in [0.2, 0.25) is 5.28 Å². The summed E-state index contributed by atoms with van der Waals surface area (Å²) in [6.45, 7) is 1.07. The second kappa shape index (κ2) is 11.3. The van der Waals surface area contributed by atoms with Crippen LogP contribution in [0, 0.1) is 5.82 Å². The maximum Gasteiger partial charge on any atom is 0.340 e. The third-order valence-corrected chi connectivity index (χ3v) is 9.58. The highest BCUT2D eigenvalue weighted by Gasteiger charge is 2.44. The number of ether oxygens (including phenoxy) is 1. The van der Waals surface area contributed by atoms with Crippen molar-refractivity contribution in [3.8, 4) is 0 Å². The molecule has 1 aliphatic heterocycles. The van der Waals surface area contributed by atoms with Crippen LogP contribution in [-0.2, 0) is 24.8 Å². The van der Waals surface area contributed by atoms with Crippen molar-refractivity contribution in [2.75, 3.05) is 17.8 Å². The average molecular weight is 595 g/mol. The van der Waals surface area contributed by atoms with E-state index in [4.69, 9.17) is 30.6 Å². The van der Waals surface area contributed by atoms with Gasteiger partial charge in [0.05, 0.1) is 18.8 Å². The molecule has 1 saturated heterocycles. The Morgan fingerprint density at radius 3 is 2.53 bits per heavy atom. The molecule has 0 radical (unpaired) electrons. The van der Waals surface area contributed by atoms with Crippen LogP contribution in [0.15, 0.2) is 36.4 Å². The van der Waals surface area contributed by atoms with Gasteiger partial charge in [-0.25, -0.2) is 8.91 Å². The summed E-state index contributed by atoms with van der Waals surface area (Å²) >= 11 is 6.13. The summed E-state index contributed by atoms with van der Waals surface area (Å²) in [5.41, 5.74) is 1.43. The highest BCUT2D eigenvalue weighted by atomic mass is 35.5. The fourth-order valence-electron chi connectivity index (χ4n) is 4.19. The van der Waals surface area contributed by atoms with E-state index in [0.717, 1.165) is 0 Å². The highest BCUT2D eigenvalue weighted by molar-refractivity contribution is 7.70. The summed E-state index contributed by atoms with van der Waals surface area (Å²) in [6, 6.07) is 9.18. The minimum absolute atomic E-state index is 0.0256. The molecule has 0 aliphatic carbocycles. The molecule has 208 valence electrons. The number of aliphatic hydroxyl groups is 2. The molecule has 1 unspecified atom stereocenters. The minimum Gasteiger partial charge on any atom is -0.388 e. The quantitative estimate of drug-likeness (QED) is 0.187. The lowest BCUT2D eigenvalue weighted by atomic mass is 10.0. The highest BCUT2D eigenvalue weighted by Crippen LogP contribution is 2.55. The second-order valence-corrected chi connectivity index (χ2v) is 13.2. The average Bonchev–Trinajstić information content (AvgIpc) is 3.32. The molecule has 13 nitrogen and oxygen atoms in total. The van der Waals surface area contributed by atoms with Gasteiger partial charge >= 0.3 is 15.2 Å². The number of fused-ring (bicyclic) bond motifs is 1. The van der Waals surface area contributed by atoms with E-state index in [-0.39, 0.29) is 17.5 Å². The van der Waals surface area contributed by atoms with Gasteiger partial charge in [-0.3, -0.25) is 9.13 Å². The third kappa shape index (κ3) is 6.78. The number of nitrogens with zero attached hydrogens (tertiary/aromatic N) is 3. The smallest absolute Gasteiger partial charge is 0.340 e. The predicted octanol–water partition coefficient (Wildman–Crippen LogP) is 2.06. The number of halogens is 2. The number of hydrogen-bond acceptors (Lipinski definition) is 9. The van der Waals surface area contributed by atoms with Gasteiger partial charge in [0.15, 0.2) is 11.7 Å². The molecule has 1 fully saturated rings. The van der Waals surface area contributed by atoms with Gasteiger partial charge in [-0.15, -0.1) is 5.10 Å². The van der Waals surface area contributed by atoms with Crippen LogP contribution in [0.4, 0.5) is 10.2 Å². The van der Waals surface area contributed by atoms with Gasteiger partial charge in [-0.1, -0.05) is 18.2 Å². The number of aromatic nitrogens is 3. The zero-order chi connectivity index (χ0) is 27.8. The van der Waals surface area contributed by atoms with Crippen LogP contribution in [0.1, 0.15) is 24.2 Å². The molecule has 6 atom stereocenters. The van der Waals surface area contributed by atoms with Gasteiger partial charge in [0.25, 0.3) is 0 Å². The Morgan fingerprint density at radius 1 is 1.16 bits per heavy atom. The van der Waals surface area contributed by atoms with Crippen molar-refractivity contribution in [3.63, 3.8) is 0 Å². The lowest BCUT2D eigenvalue weighted by molar-refractivity contribution is -0.0177. The Morgan fingerprint density at radius 2 is 1.84 bits per heavy atom. The number of nitrogens with one attached hydrogen (secondary N) is 1. The fourth-order valence-corrected chi connectivity index (χ4v) is 6.92. The second-order valence-electron chi connectivity index (χ2n) is 8.88. The van der Waals surface area contributed by atoms with E-state index in [1.54, 1.807) is 37.3 Å². The molecule has 0 amide bonds. The van der Waals surface area contributed by atoms with E-state index < -0.39 is 58.2 Å². The monoisotopic (exact) mass is 594 g/mol. The van der Waals surface area contributed by atoms with E-state index in [2.05, 4.69) is 15.4 Å². The summed E-state index contributed by atoms with van der Waals surface area (Å²) in [7, 11) is -9.50. The number of hydrogen-bond donors (Lipinski definition) is 6. The summed E-state index contributed by atoms with van der Waals surface area (Å²) in [6.07, 6.45) is -5.12. The van der Waals surface area contributed by atoms with E-state index in [9.17, 15) is 28.6 Å². The van der Waals surface area contributed by atoms with Gasteiger partial charge in [-0.05, 0) is 36.7 Å². The first-order valence-electron chi connectivity index (χ1n) is 11.3. The number of rotatable bonds is 10. The van der Waals surface area contributed by atoms with Gasteiger partial charge < -0.3 is 39.5 Å². The molecule has 3 heterocycles. The SMILES string of the molecule is C[C@H](Nc1nc(Cl)nn2c(C[C@@H]3O[C@H](COP(=O)(O)CP(=O)(O)O)[C@@H](O)[C@H]3O)ccc12)c1ccccc1F. The molecular weight excluding hydrogens is 569 g/mol. The Bertz CT molecular complexity index is 1410.